The van der Waals surface area contributed by atoms with Gasteiger partial charge in [-0.05, 0) is 50.5 Å². The van der Waals surface area contributed by atoms with Gasteiger partial charge in [0.2, 0.25) is 5.92 Å². The predicted octanol–water partition coefficient (Wildman–Crippen LogP) is 6.14. The van der Waals surface area contributed by atoms with Crippen molar-refractivity contribution in [3.8, 4) is 10.6 Å². The Morgan fingerprint density at radius 1 is 1.29 bits per heavy atom. The molecule has 0 amide bonds. The first-order valence-electron chi connectivity index (χ1n) is 8.20. The molecule has 0 saturated heterocycles. The smallest absolute Gasteiger partial charge is 0.248 e. The largest absolute Gasteiger partial charge is 0.382 e. The predicted molar refractivity (Wildman–Crippen MR) is 97.8 cm³/mol. The Morgan fingerprint density at radius 2 is 2.00 bits per heavy atom. The highest BCUT2D eigenvalue weighted by molar-refractivity contribution is 7.13. The fourth-order valence-electron chi connectivity index (χ4n) is 2.99. The summed E-state index contributed by atoms with van der Waals surface area (Å²) in [6, 6.07) is 6.27. The first-order chi connectivity index (χ1) is 11.3. The quantitative estimate of drug-likeness (QED) is 0.717. The molecular weight excluding hydrogens is 326 g/mol. The third-order valence-electron chi connectivity index (χ3n) is 4.38. The molecule has 1 aromatic heterocycles. The van der Waals surface area contributed by atoms with Crippen molar-refractivity contribution >= 4 is 22.6 Å². The van der Waals surface area contributed by atoms with Gasteiger partial charge in [0.15, 0.2) is 0 Å². The Labute approximate surface area is 145 Å². The maximum absolute atomic E-state index is 13.3. The molecule has 1 aliphatic carbocycles. The van der Waals surface area contributed by atoms with Gasteiger partial charge in [-0.15, -0.1) is 11.3 Å². The van der Waals surface area contributed by atoms with E-state index < -0.39 is 5.92 Å². The van der Waals surface area contributed by atoms with E-state index in [-0.39, 0.29) is 18.9 Å². The molecule has 1 aromatic carbocycles. The van der Waals surface area contributed by atoms with Crippen LogP contribution in [0.4, 0.5) is 14.5 Å². The number of nitrogens with zero attached hydrogens (tertiary/aromatic N) is 1. The second-order valence-corrected chi connectivity index (χ2v) is 7.51. The summed E-state index contributed by atoms with van der Waals surface area (Å²) in [5.41, 5.74) is 5.01. The number of hydrogen-bond acceptors (Lipinski definition) is 3. The molecule has 1 saturated carbocycles. The molecule has 2 nitrogen and oxygen atoms in total. The molecule has 0 unspecified atom stereocenters. The topological polar surface area (TPSA) is 24.9 Å². The lowest BCUT2D eigenvalue weighted by Crippen LogP contribution is -2.32. The summed E-state index contributed by atoms with van der Waals surface area (Å²) in [6.45, 7) is 7.97. The highest BCUT2D eigenvalue weighted by atomic mass is 32.1. The molecule has 0 bridgehead atoms. The number of aryl methyl sites for hydroxylation is 1. The second-order valence-electron chi connectivity index (χ2n) is 6.65. The summed E-state index contributed by atoms with van der Waals surface area (Å²) in [6.07, 6.45) is 0.915. The third-order valence-corrected chi connectivity index (χ3v) is 5.39. The lowest BCUT2D eigenvalue weighted by molar-refractivity contribution is -0.0360. The van der Waals surface area contributed by atoms with Crippen LogP contribution in [0.5, 0.6) is 0 Å². The summed E-state index contributed by atoms with van der Waals surface area (Å²) in [5, 5.41) is 6.43. The van der Waals surface area contributed by atoms with Crippen LogP contribution in [0.1, 0.15) is 43.9 Å². The molecule has 0 radical (unpaired) electrons. The molecule has 3 rings (SSSR count). The molecule has 1 aliphatic rings. The van der Waals surface area contributed by atoms with Crippen LogP contribution in [0.25, 0.3) is 16.1 Å². The number of halogens is 2. The molecule has 0 aliphatic heterocycles. The number of rotatable bonds is 4. The number of anilines is 1. The van der Waals surface area contributed by atoms with E-state index in [9.17, 15) is 8.78 Å². The van der Waals surface area contributed by atoms with Gasteiger partial charge in [-0.3, -0.25) is 0 Å². The maximum atomic E-state index is 13.3. The van der Waals surface area contributed by atoms with Crippen LogP contribution in [-0.2, 0) is 0 Å². The van der Waals surface area contributed by atoms with Crippen LogP contribution in [0, 0.1) is 6.92 Å². The zero-order valence-corrected chi connectivity index (χ0v) is 14.9. The molecule has 1 heterocycles. The zero-order chi connectivity index (χ0) is 17.3. The first kappa shape index (κ1) is 17.1. The van der Waals surface area contributed by atoms with Gasteiger partial charge >= 0.3 is 0 Å². The van der Waals surface area contributed by atoms with E-state index in [4.69, 9.17) is 0 Å². The van der Waals surface area contributed by atoms with E-state index >= 15 is 0 Å². The summed E-state index contributed by atoms with van der Waals surface area (Å²) in [5.74, 6) is -2.50. The molecule has 0 atom stereocenters. The van der Waals surface area contributed by atoms with Crippen LogP contribution in [0.15, 0.2) is 30.2 Å². The standard InChI is InChI=1S/C19H22F2N2S/c1-12(2)14-8-15(18-22-13(3)11-24-18)10-17(9-14)23-16-4-6-19(20,21)7-5-16/h8-11,16,23H,1,4-7H2,2-3H3. The van der Waals surface area contributed by atoms with Gasteiger partial charge in [0, 0.05) is 41.2 Å². The van der Waals surface area contributed by atoms with Gasteiger partial charge in [-0.1, -0.05) is 12.2 Å². The second kappa shape index (κ2) is 6.63. The minimum atomic E-state index is -2.50. The number of alkyl halides is 2. The fourth-order valence-corrected chi connectivity index (χ4v) is 3.77. The van der Waals surface area contributed by atoms with Gasteiger partial charge in [0.05, 0.1) is 0 Å². The molecule has 128 valence electrons. The van der Waals surface area contributed by atoms with Crippen molar-refractivity contribution in [2.75, 3.05) is 5.32 Å². The molecule has 1 N–H and O–H groups in total. The first-order valence-corrected chi connectivity index (χ1v) is 9.08. The summed E-state index contributed by atoms with van der Waals surface area (Å²) < 4.78 is 26.7. The number of thiazole rings is 1. The number of benzene rings is 1. The van der Waals surface area contributed by atoms with Crippen molar-refractivity contribution < 1.29 is 8.78 Å². The molecular formula is C19H22F2N2S. The van der Waals surface area contributed by atoms with Gasteiger partial charge in [0.1, 0.15) is 5.01 Å². The molecule has 5 heteroatoms. The minimum Gasteiger partial charge on any atom is -0.382 e. The van der Waals surface area contributed by atoms with E-state index in [1.807, 2.05) is 25.3 Å². The van der Waals surface area contributed by atoms with Gasteiger partial charge in [0.25, 0.3) is 0 Å². The Balaban J connectivity index is 1.84. The van der Waals surface area contributed by atoms with Crippen LogP contribution >= 0.6 is 11.3 Å². The molecule has 1 fully saturated rings. The number of aromatic nitrogens is 1. The number of nitrogens with one attached hydrogen (secondary N) is 1. The van der Waals surface area contributed by atoms with Crippen molar-refractivity contribution in [3.63, 3.8) is 0 Å². The van der Waals surface area contributed by atoms with E-state index in [1.54, 1.807) is 11.3 Å². The van der Waals surface area contributed by atoms with E-state index in [0.717, 1.165) is 33.1 Å². The normalized spacial score (nSPS) is 17.7. The summed E-state index contributed by atoms with van der Waals surface area (Å²) in [4.78, 5) is 4.55. The van der Waals surface area contributed by atoms with Crippen molar-refractivity contribution in [1.29, 1.82) is 0 Å². The lowest BCUT2D eigenvalue weighted by atomic mass is 9.92. The maximum Gasteiger partial charge on any atom is 0.248 e. The van der Waals surface area contributed by atoms with Crippen molar-refractivity contribution in [3.05, 3.63) is 41.4 Å². The Hall–Kier alpha value is -1.75. The zero-order valence-electron chi connectivity index (χ0n) is 14.0. The summed E-state index contributed by atoms with van der Waals surface area (Å²) in [7, 11) is 0. The average molecular weight is 348 g/mol. The number of allylic oxidation sites excluding steroid dienone is 1. The van der Waals surface area contributed by atoms with E-state index in [1.165, 1.54) is 0 Å². The van der Waals surface area contributed by atoms with Gasteiger partial charge in [-0.25, -0.2) is 13.8 Å². The van der Waals surface area contributed by atoms with Crippen molar-refractivity contribution in [2.24, 2.45) is 0 Å². The van der Waals surface area contributed by atoms with Gasteiger partial charge < -0.3 is 5.32 Å². The van der Waals surface area contributed by atoms with Crippen LogP contribution in [0.2, 0.25) is 0 Å². The van der Waals surface area contributed by atoms with Gasteiger partial charge in [-0.2, -0.15) is 0 Å². The third kappa shape index (κ3) is 4.01. The van der Waals surface area contributed by atoms with E-state index in [2.05, 4.69) is 29.0 Å². The van der Waals surface area contributed by atoms with Crippen LogP contribution in [-0.4, -0.2) is 16.9 Å². The fraction of sp³-hybridized carbons (Fsp3) is 0.421. The summed E-state index contributed by atoms with van der Waals surface area (Å²) >= 11 is 1.61. The lowest BCUT2D eigenvalue weighted by Gasteiger charge is -2.29. The minimum absolute atomic E-state index is 0.0383. The Bertz CT molecular complexity index is 742. The highest BCUT2D eigenvalue weighted by Crippen LogP contribution is 2.35. The highest BCUT2D eigenvalue weighted by Gasteiger charge is 2.34. The van der Waals surface area contributed by atoms with Crippen molar-refractivity contribution in [2.45, 2.75) is 51.5 Å². The number of hydrogen-bond donors (Lipinski definition) is 1. The van der Waals surface area contributed by atoms with Crippen LogP contribution < -0.4 is 5.32 Å². The average Bonchev–Trinajstić information content (AvgIpc) is 2.96. The molecule has 24 heavy (non-hydrogen) atoms. The Kier molecular flexibility index (Phi) is 4.72. The molecule has 2 aromatic rings. The SMILES string of the molecule is C=C(C)c1cc(NC2CCC(F)(F)CC2)cc(-c2nc(C)cs2)c1. The molecule has 0 spiro atoms. The van der Waals surface area contributed by atoms with Crippen molar-refractivity contribution in [1.82, 2.24) is 4.98 Å². The van der Waals surface area contributed by atoms with Crippen LogP contribution in [0.3, 0.4) is 0 Å². The van der Waals surface area contributed by atoms with E-state index in [0.29, 0.717) is 12.8 Å². The Morgan fingerprint density at radius 3 is 2.58 bits per heavy atom. The monoisotopic (exact) mass is 348 g/mol.